The summed E-state index contributed by atoms with van der Waals surface area (Å²) in [5.74, 6) is 1.77. The number of hydrogen-bond donors (Lipinski definition) is 0. The lowest BCUT2D eigenvalue weighted by molar-refractivity contribution is 0.0507. The van der Waals surface area contributed by atoms with E-state index < -0.39 is 5.97 Å². The summed E-state index contributed by atoms with van der Waals surface area (Å²) in [6.07, 6.45) is 3.35. The lowest BCUT2D eigenvalue weighted by atomic mass is 10.0. The number of aromatic nitrogens is 4. The Morgan fingerprint density at radius 3 is 2.56 bits per heavy atom. The van der Waals surface area contributed by atoms with E-state index in [4.69, 9.17) is 19.2 Å². The molecule has 0 atom stereocenters. The maximum atomic E-state index is 12.3. The fourth-order valence-electron chi connectivity index (χ4n) is 4.21. The molecule has 4 aromatic rings. The van der Waals surface area contributed by atoms with Crippen LogP contribution in [0.25, 0.3) is 22.4 Å². The highest BCUT2D eigenvalue weighted by molar-refractivity contribution is 9.10. The van der Waals surface area contributed by atoms with Gasteiger partial charge in [0, 0.05) is 31.6 Å². The van der Waals surface area contributed by atoms with E-state index in [0.29, 0.717) is 31.4 Å². The molecule has 2 aromatic heterocycles. The lowest BCUT2D eigenvalue weighted by Gasteiger charge is -2.14. The van der Waals surface area contributed by atoms with Crippen LogP contribution in [0.1, 0.15) is 48.4 Å². The molecule has 0 saturated heterocycles. The van der Waals surface area contributed by atoms with Crippen LogP contribution in [0.4, 0.5) is 0 Å². The smallest absolute Gasteiger partial charge is 0.374 e. The number of benzene rings is 2. The van der Waals surface area contributed by atoms with Gasteiger partial charge in [-0.2, -0.15) is 0 Å². The second-order valence-electron chi connectivity index (χ2n) is 8.70. The standard InChI is InChI=1S/C27H31BrN4O4/c1-6-36-27(33)26-29-11-12-31(26)16-20-15-21(35-5)24-23(22(20)28)30-25(32(24)13-14-34-4)19-9-7-18(8-10-19)17(2)3/h7-12,15,17H,6,13-14,16H2,1-5H3. The number of imidazole rings is 2. The van der Waals surface area contributed by atoms with Crippen molar-refractivity contribution in [2.24, 2.45) is 0 Å². The van der Waals surface area contributed by atoms with E-state index >= 15 is 0 Å². The minimum Gasteiger partial charge on any atom is -0.494 e. The maximum absolute atomic E-state index is 12.3. The minimum atomic E-state index is -0.456. The topological polar surface area (TPSA) is 80.4 Å². The van der Waals surface area contributed by atoms with Crippen molar-refractivity contribution in [1.82, 2.24) is 19.1 Å². The first-order chi connectivity index (χ1) is 17.4. The lowest BCUT2D eigenvalue weighted by Crippen LogP contribution is -2.14. The summed E-state index contributed by atoms with van der Waals surface area (Å²) >= 11 is 3.79. The second-order valence-corrected chi connectivity index (χ2v) is 9.50. The number of halogens is 1. The van der Waals surface area contributed by atoms with Gasteiger partial charge in [-0.1, -0.05) is 38.1 Å². The van der Waals surface area contributed by atoms with Crippen molar-refractivity contribution in [2.45, 2.75) is 39.8 Å². The molecule has 4 rings (SSSR count). The average molecular weight is 555 g/mol. The van der Waals surface area contributed by atoms with Crippen LogP contribution in [0.2, 0.25) is 0 Å². The summed E-state index contributed by atoms with van der Waals surface area (Å²) in [6.45, 7) is 7.96. The number of carbonyl (C=O) groups excluding carboxylic acids is 1. The van der Waals surface area contributed by atoms with Crippen molar-refractivity contribution < 1.29 is 19.0 Å². The van der Waals surface area contributed by atoms with Gasteiger partial charge in [-0.05, 0) is 46.0 Å². The summed E-state index contributed by atoms with van der Waals surface area (Å²) in [5.41, 5.74) is 4.85. The SMILES string of the molecule is CCOC(=O)c1nccn1Cc1cc(OC)c2c(nc(-c3ccc(C(C)C)cc3)n2CCOC)c1Br. The van der Waals surface area contributed by atoms with Gasteiger partial charge >= 0.3 is 5.97 Å². The monoisotopic (exact) mass is 554 g/mol. The number of hydrogen-bond acceptors (Lipinski definition) is 6. The van der Waals surface area contributed by atoms with E-state index in [0.717, 1.165) is 32.5 Å². The highest BCUT2D eigenvalue weighted by atomic mass is 79.9. The molecule has 0 aliphatic heterocycles. The van der Waals surface area contributed by atoms with Crippen molar-refractivity contribution in [1.29, 1.82) is 0 Å². The zero-order valence-corrected chi connectivity index (χ0v) is 22.8. The van der Waals surface area contributed by atoms with Gasteiger partial charge in [-0.15, -0.1) is 0 Å². The van der Waals surface area contributed by atoms with Gasteiger partial charge in [0.1, 0.15) is 22.6 Å². The summed E-state index contributed by atoms with van der Waals surface area (Å²) in [7, 11) is 3.34. The van der Waals surface area contributed by atoms with E-state index in [1.807, 2.05) is 6.07 Å². The molecule has 0 fully saturated rings. The van der Waals surface area contributed by atoms with Crippen LogP contribution in [0.15, 0.2) is 47.2 Å². The molecule has 0 N–H and O–H groups in total. The molecule has 0 radical (unpaired) electrons. The third-order valence-corrected chi connectivity index (χ3v) is 6.97. The molecule has 0 unspecified atom stereocenters. The normalized spacial score (nSPS) is 11.4. The number of ether oxygens (including phenoxy) is 3. The molecular formula is C27H31BrN4O4. The molecule has 0 saturated carbocycles. The Kier molecular flexibility index (Phi) is 8.11. The first-order valence-corrected chi connectivity index (χ1v) is 12.7. The third kappa shape index (κ3) is 5.03. The zero-order chi connectivity index (χ0) is 25.8. The highest BCUT2D eigenvalue weighted by Gasteiger charge is 2.22. The number of esters is 1. The molecule has 2 heterocycles. The second kappa shape index (κ2) is 11.3. The van der Waals surface area contributed by atoms with Crippen molar-refractivity contribution >= 4 is 32.9 Å². The molecular weight excluding hydrogens is 524 g/mol. The van der Waals surface area contributed by atoms with Crippen LogP contribution in [0, 0.1) is 0 Å². The Labute approximate surface area is 219 Å². The van der Waals surface area contributed by atoms with Gasteiger partial charge < -0.3 is 23.3 Å². The average Bonchev–Trinajstić information content (AvgIpc) is 3.50. The van der Waals surface area contributed by atoms with E-state index in [1.54, 1.807) is 38.1 Å². The summed E-state index contributed by atoms with van der Waals surface area (Å²) in [6, 6.07) is 10.5. The number of nitrogens with zero attached hydrogens (tertiary/aromatic N) is 4. The number of carbonyl (C=O) groups is 1. The molecule has 9 heteroatoms. The molecule has 36 heavy (non-hydrogen) atoms. The largest absolute Gasteiger partial charge is 0.494 e. The van der Waals surface area contributed by atoms with Crippen LogP contribution < -0.4 is 4.74 Å². The van der Waals surface area contributed by atoms with Crippen molar-refractivity contribution in [3.8, 4) is 17.1 Å². The summed E-state index contributed by atoms with van der Waals surface area (Å²) in [4.78, 5) is 21.6. The molecule has 0 bridgehead atoms. The summed E-state index contributed by atoms with van der Waals surface area (Å²) in [5, 5.41) is 0. The van der Waals surface area contributed by atoms with Crippen LogP contribution in [-0.4, -0.2) is 52.5 Å². The van der Waals surface area contributed by atoms with Crippen LogP contribution >= 0.6 is 15.9 Å². The Morgan fingerprint density at radius 2 is 1.92 bits per heavy atom. The predicted octanol–water partition coefficient (Wildman–Crippen LogP) is 5.67. The highest BCUT2D eigenvalue weighted by Crippen LogP contribution is 2.38. The van der Waals surface area contributed by atoms with Gasteiger partial charge in [-0.25, -0.2) is 14.8 Å². The zero-order valence-electron chi connectivity index (χ0n) is 21.2. The Balaban J connectivity index is 1.85. The van der Waals surface area contributed by atoms with E-state index in [-0.39, 0.29) is 12.4 Å². The molecule has 0 spiro atoms. The molecule has 8 nitrogen and oxygen atoms in total. The Hall–Kier alpha value is -3.17. The quantitative estimate of drug-likeness (QED) is 0.235. The van der Waals surface area contributed by atoms with Crippen LogP contribution in [0.5, 0.6) is 5.75 Å². The molecule has 0 amide bonds. The van der Waals surface area contributed by atoms with Crippen LogP contribution in [0.3, 0.4) is 0 Å². The van der Waals surface area contributed by atoms with E-state index in [2.05, 4.69) is 63.6 Å². The fourth-order valence-corrected chi connectivity index (χ4v) is 4.73. The predicted molar refractivity (Wildman–Crippen MR) is 143 cm³/mol. The van der Waals surface area contributed by atoms with Gasteiger partial charge in [-0.3, -0.25) is 0 Å². The van der Waals surface area contributed by atoms with Gasteiger partial charge in [0.25, 0.3) is 0 Å². The van der Waals surface area contributed by atoms with E-state index in [1.165, 1.54) is 5.56 Å². The van der Waals surface area contributed by atoms with Crippen molar-refractivity contribution in [2.75, 3.05) is 27.4 Å². The fraction of sp³-hybridized carbons (Fsp3) is 0.370. The van der Waals surface area contributed by atoms with Crippen LogP contribution in [-0.2, 0) is 22.6 Å². The Bertz CT molecular complexity index is 1360. The summed E-state index contributed by atoms with van der Waals surface area (Å²) < 4.78 is 21.1. The number of fused-ring (bicyclic) bond motifs is 1. The van der Waals surface area contributed by atoms with Gasteiger partial charge in [0.2, 0.25) is 5.82 Å². The molecule has 190 valence electrons. The first kappa shape index (κ1) is 25.9. The van der Waals surface area contributed by atoms with E-state index in [9.17, 15) is 4.79 Å². The first-order valence-electron chi connectivity index (χ1n) is 11.9. The Morgan fingerprint density at radius 1 is 1.17 bits per heavy atom. The number of rotatable bonds is 10. The third-order valence-electron chi connectivity index (χ3n) is 6.08. The number of methoxy groups -OCH3 is 2. The van der Waals surface area contributed by atoms with Crippen molar-refractivity contribution in [3.05, 3.63) is 64.1 Å². The molecule has 0 aliphatic carbocycles. The van der Waals surface area contributed by atoms with Gasteiger partial charge in [0.05, 0.1) is 31.3 Å². The molecule has 2 aromatic carbocycles. The minimum absolute atomic E-state index is 0.249. The maximum Gasteiger partial charge on any atom is 0.374 e. The molecule has 0 aliphatic rings. The van der Waals surface area contributed by atoms with Crippen molar-refractivity contribution in [3.63, 3.8) is 0 Å². The van der Waals surface area contributed by atoms with Gasteiger partial charge in [0.15, 0.2) is 0 Å².